The molecule has 0 aliphatic rings. The summed E-state index contributed by atoms with van der Waals surface area (Å²) in [4.78, 5) is 6.29. The quantitative estimate of drug-likeness (QED) is 0.734. The van der Waals surface area contributed by atoms with Crippen LogP contribution in [0.25, 0.3) is 10.9 Å². The van der Waals surface area contributed by atoms with E-state index in [-0.39, 0.29) is 5.82 Å². The zero-order chi connectivity index (χ0) is 14.8. The number of rotatable bonds is 3. The largest absolute Gasteiger partial charge is 0.396 e. The Balaban J connectivity index is 2.15. The van der Waals surface area contributed by atoms with Crippen molar-refractivity contribution in [1.82, 2.24) is 4.98 Å². The fraction of sp³-hybridized carbons (Fsp3) is 0.118. The van der Waals surface area contributed by atoms with Gasteiger partial charge in [0, 0.05) is 23.8 Å². The molecular formula is C17H16FN3. The van der Waals surface area contributed by atoms with Gasteiger partial charge < -0.3 is 10.6 Å². The molecule has 1 aromatic heterocycles. The molecule has 106 valence electrons. The second-order valence-electron chi connectivity index (χ2n) is 4.79. The maximum atomic E-state index is 13.5. The molecule has 0 saturated heterocycles. The first kappa shape index (κ1) is 13.4. The van der Waals surface area contributed by atoms with Gasteiger partial charge in [0.1, 0.15) is 5.82 Å². The summed E-state index contributed by atoms with van der Waals surface area (Å²) in [5.74, 6) is -0.257. The van der Waals surface area contributed by atoms with Crippen LogP contribution in [0.5, 0.6) is 0 Å². The summed E-state index contributed by atoms with van der Waals surface area (Å²) in [7, 11) is 0. The summed E-state index contributed by atoms with van der Waals surface area (Å²) >= 11 is 0. The van der Waals surface area contributed by atoms with Crippen LogP contribution < -0.4 is 10.6 Å². The topological polar surface area (TPSA) is 42.2 Å². The van der Waals surface area contributed by atoms with Crippen molar-refractivity contribution >= 4 is 28.0 Å². The van der Waals surface area contributed by atoms with Crippen molar-refractivity contribution in [1.29, 1.82) is 0 Å². The molecule has 3 rings (SSSR count). The van der Waals surface area contributed by atoms with Crippen LogP contribution in [0.15, 0.2) is 54.7 Å². The van der Waals surface area contributed by atoms with E-state index in [2.05, 4.69) is 4.98 Å². The number of anilines is 3. The lowest BCUT2D eigenvalue weighted by atomic mass is 10.1. The van der Waals surface area contributed by atoms with Gasteiger partial charge in [0.15, 0.2) is 0 Å². The predicted octanol–water partition coefficient (Wildman–Crippen LogP) is 4.11. The Morgan fingerprint density at radius 2 is 2.00 bits per heavy atom. The van der Waals surface area contributed by atoms with Crippen molar-refractivity contribution in [2.45, 2.75) is 6.92 Å². The minimum absolute atomic E-state index is 0.257. The molecule has 1 heterocycles. The van der Waals surface area contributed by atoms with Gasteiger partial charge in [-0.3, -0.25) is 4.98 Å². The van der Waals surface area contributed by atoms with Gasteiger partial charge in [-0.05, 0) is 49.4 Å². The van der Waals surface area contributed by atoms with Crippen LogP contribution in [0.2, 0.25) is 0 Å². The maximum Gasteiger partial charge on any atom is 0.125 e. The molecule has 3 nitrogen and oxygen atoms in total. The number of nitrogens with two attached hydrogens (primary N) is 1. The Hall–Kier alpha value is -2.62. The normalized spacial score (nSPS) is 10.8. The summed E-state index contributed by atoms with van der Waals surface area (Å²) in [6, 6.07) is 14.2. The lowest BCUT2D eigenvalue weighted by Gasteiger charge is -2.25. The van der Waals surface area contributed by atoms with Crippen LogP contribution in [-0.4, -0.2) is 11.5 Å². The standard InChI is InChI=1S/C17H16FN3/c1-2-21(13-6-3-5-12(18)11-13)16-9-8-15-14(17(16)19)7-4-10-20-15/h3-11H,2,19H2,1H3. The van der Waals surface area contributed by atoms with E-state index in [9.17, 15) is 4.39 Å². The van der Waals surface area contributed by atoms with Crippen LogP contribution in [-0.2, 0) is 0 Å². The summed E-state index contributed by atoms with van der Waals surface area (Å²) in [5, 5.41) is 0.907. The van der Waals surface area contributed by atoms with Gasteiger partial charge in [0.05, 0.1) is 16.9 Å². The highest BCUT2D eigenvalue weighted by Crippen LogP contribution is 2.34. The first-order chi connectivity index (χ1) is 10.2. The van der Waals surface area contributed by atoms with Crippen molar-refractivity contribution in [2.24, 2.45) is 0 Å². The van der Waals surface area contributed by atoms with Gasteiger partial charge in [-0.1, -0.05) is 6.07 Å². The van der Waals surface area contributed by atoms with E-state index in [4.69, 9.17) is 5.73 Å². The summed E-state index contributed by atoms with van der Waals surface area (Å²) in [6.45, 7) is 2.71. The van der Waals surface area contributed by atoms with Crippen molar-refractivity contribution in [3.8, 4) is 0 Å². The Bertz CT molecular complexity index is 786. The van der Waals surface area contributed by atoms with Crippen LogP contribution >= 0.6 is 0 Å². The number of pyridine rings is 1. The maximum absolute atomic E-state index is 13.5. The average Bonchev–Trinajstić information content (AvgIpc) is 2.51. The first-order valence-corrected chi connectivity index (χ1v) is 6.87. The van der Waals surface area contributed by atoms with E-state index in [1.54, 1.807) is 12.3 Å². The van der Waals surface area contributed by atoms with Gasteiger partial charge in [-0.15, -0.1) is 0 Å². The number of aromatic nitrogens is 1. The molecule has 0 atom stereocenters. The van der Waals surface area contributed by atoms with E-state index >= 15 is 0 Å². The minimum Gasteiger partial charge on any atom is -0.396 e. The van der Waals surface area contributed by atoms with E-state index < -0.39 is 0 Å². The van der Waals surface area contributed by atoms with Crippen molar-refractivity contribution in [3.05, 3.63) is 60.5 Å². The molecule has 0 saturated carbocycles. The smallest absolute Gasteiger partial charge is 0.125 e. The Labute approximate surface area is 122 Å². The first-order valence-electron chi connectivity index (χ1n) is 6.87. The molecular weight excluding hydrogens is 265 g/mol. The van der Waals surface area contributed by atoms with Gasteiger partial charge in [-0.25, -0.2) is 4.39 Å². The van der Waals surface area contributed by atoms with E-state index in [1.807, 2.05) is 42.2 Å². The number of hydrogen-bond acceptors (Lipinski definition) is 3. The SMILES string of the molecule is CCN(c1cccc(F)c1)c1ccc2ncccc2c1N. The molecule has 0 aliphatic carbocycles. The Kier molecular flexibility index (Phi) is 3.44. The second kappa shape index (κ2) is 5.40. The Morgan fingerprint density at radius 3 is 2.76 bits per heavy atom. The zero-order valence-corrected chi connectivity index (χ0v) is 11.8. The van der Waals surface area contributed by atoms with Crippen LogP contribution in [0.3, 0.4) is 0 Å². The van der Waals surface area contributed by atoms with Gasteiger partial charge >= 0.3 is 0 Å². The lowest BCUT2D eigenvalue weighted by Crippen LogP contribution is -2.17. The number of fused-ring (bicyclic) bond motifs is 1. The third-order valence-corrected chi connectivity index (χ3v) is 3.53. The summed E-state index contributed by atoms with van der Waals surface area (Å²) in [5.41, 5.74) is 9.46. The second-order valence-corrected chi connectivity index (χ2v) is 4.79. The molecule has 0 unspecified atom stereocenters. The molecule has 0 amide bonds. The highest BCUT2D eigenvalue weighted by Gasteiger charge is 2.13. The number of benzene rings is 2. The molecule has 0 radical (unpaired) electrons. The van der Waals surface area contributed by atoms with E-state index in [0.29, 0.717) is 12.2 Å². The molecule has 2 aromatic carbocycles. The number of halogens is 1. The Morgan fingerprint density at radius 1 is 1.14 bits per heavy atom. The fourth-order valence-electron chi connectivity index (χ4n) is 2.54. The molecule has 3 aromatic rings. The molecule has 0 aliphatic heterocycles. The van der Waals surface area contributed by atoms with Gasteiger partial charge in [-0.2, -0.15) is 0 Å². The van der Waals surface area contributed by atoms with Crippen molar-refractivity contribution in [3.63, 3.8) is 0 Å². The molecule has 0 spiro atoms. The number of nitrogens with zero attached hydrogens (tertiary/aromatic N) is 2. The predicted molar refractivity (Wildman–Crippen MR) is 85.2 cm³/mol. The van der Waals surface area contributed by atoms with E-state index in [1.165, 1.54) is 12.1 Å². The molecule has 0 fully saturated rings. The van der Waals surface area contributed by atoms with Crippen molar-refractivity contribution < 1.29 is 4.39 Å². The van der Waals surface area contributed by atoms with Crippen LogP contribution in [0.1, 0.15) is 6.92 Å². The number of hydrogen-bond donors (Lipinski definition) is 1. The highest BCUT2D eigenvalue weighted by molar-refractivity contribution is 5.98. The zero-order valence-electron chi connectivity index (χ0n) is 11.8. The summed E-state index contributed by atoms with van der Waals surface area (Å²) < 4.78 is 13.5. The summed E-state index contributed by atoms with van der Waals surface area (Å²) in [6.07, 6.45) is 1.74. The third kappa shape index (κ3) is 2.40. The van der Waals surface area contributed by atoms with Gasteiger partial charge in [0.2, 0.25) is 0 Å². The lowest BCUT2D eigenvalue weighted by molar-refractivity contribution is 0.627. The van der Waals surface area contributed by atoms with Gasteiger partial charge in [0.25, 0.3) is 0 Å². The molecule has 0 bridgehead atoms. The fourth-order valence-corrected chi connectivity index (χ4v) is 2.54. The van der Waals surface area contributed by atoms with E-state index in [0.717, 1.165) is 22.3 Å². The molecule has 4 heteroatoms. The average molecular weight is 281 g/mol. The minimum atomic E-state index is -0.257. The van der Waals surface area contributed by atoms with Crippen molar-refractivity contribution in [2.75, 3.05) is 17.2 Å². The van der Waals surface area contributed by atoms with Crippen LogP contribution in [0.4, 0.5) is 21.5 Å². The van der Waals surface area contributed by atoms with Crippen LogP contribution in [0, 0.1) is 5.82 Å². The number of nitrogen functional groups attached to an aromatic ring is 1. The highest BCUT2D eigenvalue weighted by atomic mass is 19.1. The molecule has 21 heavy (non-hydrogen) atoms. The third-order valence-electron chi connectivity index (χ3n) is 3.53. The molecule has 2 N–H and O–H groups in total. The monoisotopic (exact) mass is 281 g/mol.